The molecule has 3 aromatic rings. The van der Waals surface area contributed by atoms with E-state index in [4.69, 9.17) is 43.4 Å². The lowest BCUT2D eigenvalue weighted by atomic mass is 10.1. The number of likely N-dealkylation sites (tertiary alicyclic amines) is 1. The van der Waals surface area contributed by atoms with Crippen LogP contribution >= 0.6 is 23.2 Å². The highest BCUT2D eigenvalue weighted by Gasteiger charge is 2.40. The van der Waals surface area contributed by atoms with Crippen molar-refractivity contribution in [2.45, 2.75) is 37.6 Å². The van der Waals surface area contributed by atoms with Crippen LogP contribution in [0.1, 0.15) is 35.9 Å². The maximum atomic E-state index is 13.8. The van der Waals surface area contributed by atoms with Crippen molar-refractivity contribution in [3.63, 3.8) is 0 Å². The van der Waals surface area contributed by atoms with Crippen LogP contribution in [0.2, 0.25) is 10.0 Å². The number of oxime groups is 1. The summed E-state index contributed by atoms with van der Waals surface area (Å²) in [6, 6.07) is 7.69. The van der Waals surface area contributed by atoms with Gasteiger partial charge in [0.2, 0.25) is 11.8 Å². The van der Waals surface area contributed by atoms with Gasteiger partial charge in [0.25, 0.3) is 5.89 Å². The topological polar surface area (TPSA) is 130 Å². The molecule has 4 N–H and O–H groups in total. The Balaban J connectivity index is 1.49. The molecular weight excluding hydrogens is 538 g/mol. The van der Waals surface area contributed by atoms with Crippen molar-refractivity contribution in [3.05, 3.63) is 63.5 Å². The number of hydrogen-bond donors (Lipinski definition) is 3. The fourth-order valence-electron chi connectivity index (χ4n) is 4.03. The molecule has 9 nitrogen and oxygen atoms in total. The SMILES string of the molecule is N/C(=N\O)N1CC[C@H](O)[C@H]1c1nc(-c2ccc(OCCCc3ccc(Cl)c(Cl)c3)c(C(F)(F)F)c2)no1. The van der Waals surface area contributed by atoms with Crippen LogP contribution in [0, 0.1) is 0 Å². The minimum Gasteiger partial charge on any atom is -0.493 e. The molecule has 4 rings (SSSR count). The summed E-state index contributed by atoms with van der Waals surface area (Å²) >= 11 is 11.9. The van der Waals surface area contributed by atoms with Crippen molar-refractivity contribution in [2.75, 3.05) is 13.2 Å². The van der Waals surface area contributed by atoms with E-state index in [2.05, 4.69) is 15.3 Å². The summed E-state index contributed by atoms with van der Waals surface area (Å²) in [5.41, 5.74) is 5.57. The van der Waals surface area contributed by atoms with E-state index in [-0.39, 0.29) is 48.6 Å². The second-order valence-electron chi connectivity index (χ2n) is 8.32. The van der Waals surface area contributed by atoms with E-state index in [1.165, 1.54) is 17.0 Å². The van der Waals surface area contributed by atoms with Gasteiger partial charge >= 0.3 is 6.18 Å². The summed E-state index contributed by atoms with van der Waals surface area (Å²) in [5.74, 6) is -0.798. The largest absolute Gasteiger partial charge is 0.493 e. The summed E-state index contributed by atoms with van der Waals surface area (Å²) in [4.78, 5) is 5.51. The first-order chi connectivity index (χ1) is 17.6. The number of halogens is 5. The van der Waals surface area contributed by atoms with Gasteiger partial charge in [-0.1, -0.05) is 39.6 Å². The maximum absolute atomic E-state index is 13.8. The van der Waals surface area contributed by atoms with Crippen molar-refractivity contribution in [2.24, 2.45) is 10.9 Å². The smallest absolute Gasteiger partial charge is 0.419 e. The molecule has 198 valence electrons. The number of hydrogen-bond acceptors (Lipinski definition) is 7. The van der Waals surface area contributed by atoms with Crippen LogP contribution in [0.5, 0.6) is 5.75 Å². The van der Waals surface area contributed by atoms with Crippen LogP contribution in [0.4, 0.5) is 13.2 Å². The number of aryl methyl sites for hydroxylation is 1. The van der Waals surface area contributed by atoms with E-state index in [0.29, 0.717) is 22.9 Å². The fraction of sp³-hybridized carbons (Fsp3) is 0.348. The van der Waals surface area contributed by atoms with Gasteiger partial charge in [0.1, 0.15) is 11.8 Å². The second kappa shape index (κ2) is 11.0. The Labute approximate surface area is 219 Å². The van der Waals surface area contributed by atoms with E-state index < -0.39 is 23.9 Å². The van der Waals surface area contributed by atoms with Crippen LogP contribution in [0.15, 0.2) is 46.1 Å². The Kier molecular flexibility index (Phi) is 8.00. The van der Waals surface area contributed by atoms with Crippen LogP contribution in [0.25, 0.3) is 11.4 Å². The van der Waals surface area contributed by atoms with Gasteiger partial charge in [-0.05, 0) is 55.2 Å². The third-order valence-corrected chi connectivity index (χ3v) is 6.59. The Morgan fingerprint density at radius 2 is 2.00 bits per heavy atom. The lowest BCUT2D eigenvalue weighted by Gasteiger charge is -2.22. The number of alkyl halides is 3. The standard InChI is InChI=1S/C23H22Cl2F3N5O4/c24-15-5-3-12(10-16(15)25)2-1-9-36-18-6-4-13(11-14(18)23(26,27)28)20-30-21(37-32-20)19-17(34)7-8-33(19)22(29)31-35/h3-6,10-11,17,19,34-35H,1-2,7-9H2,(H2,29,31)/t17-,19-/m0/s1. The van der Waals surface area contributed by atoms with Crippen LogP contribution in [0.3, 0.4) is 0 Å². The lowest BCUT2D eigenvalue weighted by molar-refractivity contribution is -0.138. The summed E-state index contributed by atoms with van der Waals surface area (Å²) in [6.45, 7) is 0.299. The maximum Gasteiger partial charge on any atom is 0.419 e. The zero-order valence-electron chi connectivity index (χ0n) is 19.1. The molecular formula is C23H22Cl2F3N5O4. The van der Waals surface area contributed by atoms with Gasteiger partial charge in [0.05, 0.1) is 28.3 Å². The van der Waals surface area contributed by atoms with E-state index in [9.17, 15) is 18.3 Å². The first-order valence-corrected chi connectivity index (χ1v) is 11.9. The average Bonchev–Trinajstić information content (AvgIpc) is 3.49. The lowest BCUT2D eigenvalue weighted by Crippen LogP contribution is -2.38. The molecule has 0 radical (unpaired) electrons. The van der Waals surface area contributed by atoms with Gasteiger partial charge in [0.15, 0.2) is 0 Å². The van der Waals surface area contributed by atoms with Crippen LogP contribution in [-0.4, -0.2) is 50.6 Å². The van der Waals surface area contributed by atoms with Crippen molar-refractivity contribution in [1.29, 1.82) is 0 Å². The number of nitrogens with two attached hydrogens (primary N) is 1. The summed E-state index contributed by atoms with van der Waals surface area (Å²) < 4.78 is 52.1. The Hall–Kier alpha value is -3.22. The summed E-state index contributed by atoms with van der Waals surface area (Å²) in [7, 11) is 0. The number of aliphatic hydroxyl groups excluding tert-OH is 1. The molecule has 1 aliphatic rings. The highest BCUT2D eigenvalue weighted by atomic mass is 35.5. The molecule has 1 aromatic heterocycles. The van der Waals surface area contributed by atoms with Crippen LogP contribution in [-0.2, 0) is 12.6 Å². The minimum atomic E-state index is -4.70. The average molecular weight is 560 g/mol. The number of nitrogens with zero attached hydrogens (tertiary/aromatic N) is 4. The summed E-state index contributed by atoms with van der Waals surface area (Å²) in [6.07, 6.45) is -4.39. The molecule has 0 spiro atoms. The van der Waals surface area contributed by atoms with E-state index in [1.807, 2.05) is 0 Å². The normalized spacial score (nSPS) is 18.4. The molecule has 14 heteroatoms. The molecule has 0 amide bonds. The molecule has 1 fully saturated rings. The zero-order valence-corrected chi connectivity index (χ0v) is 20.6. The summed E-state index contributed by atoms with van der Waals surface area (Å²) in [5, 5.41) is 26.8. The fourth-order valence-corrected chi connectivity index (χ4v) is 4.35. The predicted molar refractivity (Wildman–Crippen MR) is 128 cm³/mol. The predicted octanol–water partition coefficient (Wildman–Crippen LogP) is 4.89. The number of ether oxygens (including phenoxy) is 1. The van der Waals surface area contributed by atoms with Crippen LogP contribution < -0.4 is 10.5 Å². The number of aromatic nitrogens is 2. The van der Waals surface area contributed by atoms with Gasteiger partial charge < -0.3 is 30.2 Å². The highest BCUT2D eigenvalue weighted by Crippen LogP contribution is 2.39. The molecule has 1 saturated heterocycles. The van der Waals surface area contributed by atoms with Gasteiger partial charge in [-0.25, -0.2) is 0 Å². The quantitative estimate of drug-likeness (QED) is 0.123. The molecule has 0 bridgehead atoms. The zero-order chi connectivity index (χ0) is 26.7. The first-order valence-electron chi connectivity index (χ1n) is 11.1. The Morgan fingerprint density at radius 3 is 2.70 bits per heavy atom. The van der Waals surface area contributed by atoms with E-state index >= 15 is 0 Å². The number of guanidine groups is 1. The number of rotatable bonds is 7. The number of benzene rings is 2. The molecule has 37 heavy (non-hydrogen) atoms. The Morgan fingerprint density at radius 1 is 1.22 bits per heavy atom. The second-order valence-corrected chi connectivity index (χ2v) is 9.13. The third kappa shape index (κ3) is 6.03. The Bertz CT molecular complexity index is 1290. The van der Waals surface area contributed by atoms with E-state index in [1.54, 1.807) is 18.2 Å². The molecule has 0 aliphatic carbocycles. The van der Waals surface area contributed by atoms with Gasteiger partial charge in [-0.15, -0.1) is 0 Å². The molecule has 0 unspecified atom stereocenters. The van der Waals surface area contributed by atoms with E-state index in [0.717, 1.165) is 11.6 Å². The molecule has 1 aliphatic heterocycles. The molecule has 2 aromatic carbocycles. The highest BCUT2D eigenvalue weighted by molar-refractivity contribution is 6.42. The molecule has 2 atom stereocenters. The molecule has 2 heterocycles. The van der Waals surface area contributed by atoms with Crippen molar-refractivity contribution < 1.29 is 32.7 Å². The van der Waals surface area contributed by atoms with Crippen molar-refractivity contribution >= 4 is 29.2 Å². The molecule has 0 saturated carbocycles. The first kappa shape index (κ1) is 26.8. The van der Waals surface area contributed by atoms with Crippen molar-refractivity contribution in [1.82, 2.24) is 15.0 Å². The monoisotopic (exact) mass is 559 g/mol. The van der Waals surface area contributed by atoms with Crippen molar-refractivity contribution in [3.8, 4) is 17.1 Å². The van der Waals surface area contributed by atoms with Gasteiger partial charge in [-0.2, -0.15) is 18.2 Å². The number of aliphatic hydroxyl groups is 1. The minimum absolute atomic E-state index is 0.0355. The third-order valence-electron chi connectivity index (χ3n) is 5.85. The van der Waals surface area contributed by atoms with Gasteiger partial charge in [0, 0.05) is 12.1 Å². The van der Waals surface area contributed by atoms with Gasteiger partial charge in [-0.3, -0.25) is 0 Å².